The van der Waals surface area contributed by atoms with Crippen LogP contribution in [0.25, 0.3) is 11.3 Å². The quantitative estimate of drug-likeness (QED) is 0.231. The van der Waals surface area contributed by atoms with E-state index in [1.165, 1.54) is 35.3 Å². The van der Waals surface area contributed by atoms with E-state index in [0.29, 0.717) is 12.6 Å². The summed E-state index contributed by atoms with van der Waals surface area (Å²) in [6, 6.07) is 4.51. The number of rotatable bonds is 10. The number of piperidine rings is 1. The number of nitrogens with zero attached hydrogens (tertiary/aromatic N) is 3. The molecule has 1 aliphatic heterocycles. The highest BCUT2D eigenvalue weighted by Gasteiger charge is 2.35. The number of anilines is 2. The number of hydrogen-bond acceptors (Lipinski definition) is 8. The van der Waals surface area contributed by atoms with Gasteiger partial charge in [0.05, 0.1) is 11.3 Å². The first kappa shape index (κ1) is 29.3. The van der Waals surface area contributed by atoms with Crippen LogP contribution in [-0.4, -0.2) is 60.3 Å². The molecule has 2 atom stereocenters. The van der Waals surface area contributed by atoms with E-state index >= 15 is 0 Å². The average Bonchev–Trinajstić information content (AvgIpc) is 2.89. The van der Waals surface area contributed by atoms with Crippen LogP contribution in [0.2, 0.25) is 0 Å². The van der Waals surface area contributed by atoms with Crippen molar-refractivity contribution < 1.29 is 39.5 Å². The van der Waals surface area contributed by atoms with Crippen LogP contribution in [0.5, 0.6) is 11.6 Å². The Hall–Kier alpha value is -3.66. The SMILES string of the molecule is CCC(F)(F)CS(=O)(=O)Nc1c(F)cc(Oc2ncccc2-c2ccnc(NC3CNC[C@@H](F)C3)n2)c(F)c1F. The second-order valence-corrected chi connectivity index (χ2v) is 10.7. The first-order valence-corrected chi connectivity index (χ1v) is 13.7. The van der Waals surface area contributed by atoms with Crippen LogP contribution in [0.3, 0.4) is 0 Å². The molecule has 1 unspecified atom stereocenters. The first-order chi connectivity index (χ1) is 18.9. The van der Waals surface area contributed by atoms with E-state index in [4.69, 9.17) is 4.74 Å². The van der Waals surface area contributed by atoms with Gasteiger partial charge in [-0.3, -0.25) is 4.72 Å². The molecule has 0 amide bonds. The lowest BCUT2D eigenvalue weighted by Gasteiger charge is -2.26. The number of benzene rings is 1. The summed E-state index contributed by atoms with van der Waals surface area (Å²) in [5.74, 6) is -12.0. The lowest BCUT2D eigenvalue weighted by atomic mass is 10.1. The molecule has 216 valence electrons. The molecule has 1 aromatic carbocycles. The standard InChI is InChI=1S/C24H24F6N6O3S/c1-2-24(29,30)12-40(37,38)36-21-16(26)9-18(19(27)20(21)28)39-22-15(4-3-6-32-22)17-5-7-33-23(35-17)34-14-8-13(25)10-31-11-14/h3-7,9,13-14,31,36H,2,8,10-12H2,1H3,(H,33,34,35)/t13-,14?/m0/s1. The van der Waals surface area contributed by atoms with Crippen LogP contribution < -0.4 is 20.1 Å². The van der Waals surface area contributed by atoms with E-state index in [-0.39, 0.29) is 42.1 Å². The highest BCUT2D eigenvalue weighted by atomic mass is 32.2. The average molecular weight is 591 g/mol. The lowest BCUT2D eigenvalue weighted by molar-refractivity contribution is 0.0219. The molecular weight excluding hydrogens is 566 g/mol. The van der Waals surface area contributed by atoms with Crippen molar-refractivity contribution in [2.75, 3.05) is 28.9 Å². The highest BCUT2D eigenvalue weighted by molar-refractivity contribution is 7.92. The van der Waals surface area contributed by atoms with Crippen molar-refractivity contribution in [3.63, 3.8) is 0 Å². The maximum atomic E-state index is 14.8. The fourth-order valence-corrected chi connectivity index (χ4v) is 5.17. The van der Waals surface area contributed by atoms with Crippen LogP contribution in [0.15, 0.2) is 36.7 Å². The van der Waals surface area contributed by atoms with Crippen molar-refractivity contribution in [3.8, 4) is 22.9 Å². The van der Waals surface area contributed by atoms with Gasteiger partial charge in [0, 0.05) is 50.4 Å². The summed E-state index contributed by atoms with van der Waals surface area (Å²) >= 11 is 0. The molecule has 1 saturated heterocycles. The van der Waals surface area contributed by atoms with Crippen LogP contribution in [0.1, 0.15) is 19.8 Å². The number of halogens is 6. The Morgan fingerprint density at radius 2 is 1.90 bits per heavy atom. The first-order valence-electron chi connectivity index (χ1n) is 12.0. The number of ether oxygens (including phenoxy) is 1. The Balaban J connectivity index is 1.59. The van der Waals surface area contributed by atoms with Gasteiger partial charge in [0.15, 0.2) is 17.4 Å². The van der Waals surface area contributed by atoms with Crippen LogP contribution in [-0.2, 0) is 10.0 Å². The summed E-state index contributed by atoms with van der Waals surface area (Å²) in [4.78, 5) is 12.4. The van der Waals surface area contributed by atoms with Crippen molar-refractivity contribution in [2.45, 2.75) is 37.9 Å². The second-order valence-electron chi connectivity index (χ2n) is 8.99. The molecule has 1 fully saturated rings. The number of sulfonamides is 1. The van der Waals surface area contributed by atoms with E-state index in [9.17, 15) is 34.8 Å². The maximum Gasteiger partial charge on any atom is 0.263 e. The third-order valence-electron chi connectivity index (χ3n) is 5.84. The van der Waals surface area contributed by atoms with Gasteiger partial charge in [-0.1, -0.05) is 6.92 Å². The molecule has 16 heteroatoms. The van der Waals surface area contributed by atoms with Gasteiger partial charge in [0.2, 0.25) is 27.7 Å². The summed E-state index contributed by atoms with van der Waals surface area (Å²) in [6.45, 7) is 1.76. The van der Waals surface area contributed by atoms with E-state index in [1.54, 1.807) is 0 Å². The van der Waals surface area contributed by atoms with Crippen molar-refractivity contribution in [3.05, 3.63) is 54.1 Å². The number of pyridine rings is 1. The third kappa shape index (κ3) is 7.10. The van der Waals surface area contributed by atoms with Gasteiger partial charge in [0.25, 0.3) is 5.92 Å². The van der Waals surface area contributed by atoms with Crippen molar-refractivity contribution in [2.24, 2.45) is 0 Å². The minimum atomic E-state index is -4.94. The Morgan fingerprint density at radius 1 is 1.12 bits per heavy atom. The van der Waals surface area contributed by atoms with Crippen LogP contribution in [0, 0.1) is 17.5 Å². The summed E-state index contributed by atoms with van der Waals surface area (Å²) in [5, 5.41) is 5.95. The van der Waals surface area contributed by atoms with Gasteiger partial charge < -0.3 is 15.4 Å². The predicted octanol–water partition coefficient (Wildman–Crippen LogP) is 4.65. The van der Waals surface area contributed by atoms with Gasteiger partial charge in [-0.05, 0) is 18.2 Å². The Morgan fingerprint density at radius 3 is 2.62 bits per heavy atom. The molecule has 40 heavy (non-hydrogen) atoms. The molecule has 9 nitrogen and oxygen atoms in total. The number of nitrogens with one attached hydrogen (secondary N) is 3. The normalized spacial score (nSPS) is 17.9. The zero-order valence-electron chi connectivity index (χ0n) is 20.9. The van der Waals surface area contributed by atoms with E-state index in [0.717, 1.165) is 6.92 Å². The number of alkyl halides is 3. The van der Waals surface area contributed by atoms with Gasteiger partial charge in [-0.25, -0.2) is 45.3 Å². The number of aromatic nitrogens is 3. The molecule has 3 N–H and O–H groups in total. The van der Waals surface area contributed by atoms with Crippen molar-refractivity contribution in [1.82, 2.24) is 20.3 Å². The maximum absolute atomic E-state index is 14.8. The summed E-state index contributed by atoms with van der Waals surface area (Å²) in [6.07, 6.45) is 1.02. The minimum Gasteiger partial charge on any atom is -0.435 e. The molecule has 2 aromatic heterocycles. The molecular formula is C24H24F6N6O3S. The van der Waals surface area contributed by atoms with E-state index < -0.39 is 63.2 Å². The monoisotopic (exact) mass is 590 g/mol. The topological polar surface area (TPSA) is 118 Å². The van der Waals surface area contributed by atoms with Crippen LogP contribution in [0.4, 0.5) is 38.0 Å². The summed E-state index contributed by atoms with van der Waals surface area (Å²) < 4.78 is 116. The van der Waals surface area contributed by atoms with Gasteiger partial charge in [0.1, 0.15) is 17.6 Å². The molecule has 1 aliphatic rings. The zero-order valence-corrected chi connectivity index (χ0v) is 21.7. The molecule has 0 aliphatic carbocycles. The van der Waals surface area contributed by atoms with Gasteiger partial charge in [-0.2, -0.15) is 4.39 Å². The fraction of sp³-hybridized carbons (Fsp3) is 0.375. The van der Waals surface area contributed by atoms with Crippen LogP contribution >= 0.6 is 0 Å². The molecule has 0 spiro atoms. The molecule has 4 rings (SSSR count). The predicted molar refractivity (Wildman–Crippen MR) is 134 cm³/mol. The molecule has 0 bridgehead atoms. The van der Waals surface area contributed by atoms with Crippen molar-refractivity contribution in [1.29, 1.82) is 0 Å². The number of hydrogen-bond donors (Lipinski definition) is 3. The zero-order chi connectivity index (χ0) is 29.1. The van der Waals surface area contributed by atoms with Crippen molar-refractivity contribution >= 4 is 21.7 Å². The lowest BCUT2D eigenvalue weighted by Crippen LogP contribution is -2.44. The van der Waals surface area contributed by atoms with Gasteiger partial charge in [-0.15, -0.1) is 0 Å². The van der Waals surface area contributed by atoms with Gasteiger partial charge >= 0.3 is 0 Å². The Bertz CT molecular complexity index is 1480. The second kappa shape index (κ2) is 11.8. The molecule has 0 radical (unpaired) electrons. The van der Waals surface area contributed by atoms with E-state index in [1.807, 2.05) is 0 Å². The molecule has 0 saturated carbocycles. The fourth-order valence-electron chi connectivity index (χ4n) is 3.84. The smallest absolute Gasteiger partial charge is 0.263 e. The third-order valence-corrected chi connectivity index (χ3v) is 7.16. The van der Waals surface area contributed by atoms with E-state index in [2.05, 4.69) is 25.6 Å². The summed E-state index contributed by atoms with van der Waals surface area (Å²) in [5.41, 5.74) is -1.08. The summed E-state index contributed by atoms with van der Waals surface area (Å²) in [7, 11) is -4.94. The molecule has 3 heterocycles. The highest BCUT2D eigenvalue weighted by Crippen LogP contribution is 2.36. The largest absolute Gasteiger partial charge is 0.435 e. The minimum absolute atomic E-state index is 0.154. The Labute approximate surface area is 225 Å². The molecule has 3 aromatic rings. The Kier molecular flexibility index (Phi) is 8.68.